The summed E-state index contributed by atoms with van der Waals surface area (Å²) in [4.78, 5) is 6.98. The van der Waals surface area contributed by atoms with Gasteiger partial charge in [-0.05, 0) is 39.0 Å². The topological polar surface area (TPSA) is 67.6 Å². The van der Waals surface area contributed by atoms with Crippen LogP contribution in [0, 0.1) is 6.92 Å². The SMILES string of the molecule is C=CCCCCCN(C)C(=NCc1nnc(C)n1C)NCC1CCCO1.I. The lowest BCUT2D eigenvalue weighted by Gasteiger charge is -2.23. The van der Waals surface area contributed by atoms with E-state index in [2.05, 4.69) is 34.0 Å². The van der Waals surface area contributed by atoms with Crippen LogP contribution in [0.1, 0.15) is 50.2 Å². The molecule has 0 aliphatic carbocycles. The molecule has 154 valence electrons. The molecule has 2 heterocycles. The normalized spacial score (nSPS) is 16.9. The van der Waals surface area contributed by atoms with Gasteiger partial charge in [-0.15, -0.1) is 40.8 Å². The standard InChI is InChI=1S/C19H34N6O.HI/c1-5-6-7-8-9-12-24(3)19(20-14-17-11-10-13-26-17)21-15-18-23-22-16(2)25(18)4;/h5,17H,1,6-15H2,2-4H3,(H,20,21);1H. The lowest BCUT2D eigenvalue weighted by Crippen LogP contribution is -2.42. The van der Waals surface area contributed by atoms with E-state index in [4.69, 9.17) is 9.73 Å². The molecule has 0 spiro atoms. The predicted octanol–water partition coefficient (Wildman–Crippen LogP) is 3.04. The summed E-state index contributed by atoms with van der Waals surface area (Å²) in [6, 6.07) is 0. The molecule has 1 aliphatic rings. The number of allylic oxidation sites excluding steroid dienone is 1. The number of nitrogens with one attached hydrogen (secondary N) is 1. The third kappa shape index (κ3) is 8.16. The summed E-state index contributed by atoms with van der Waals surface area (Å²) in [6.45, 7) is 8.90. The van der Waals surface area contributed by atoms with Gasteiger partial charge in [0.2, 0.25) is 0 Å². The highest BCUT2D eigenvalue weighted by Crippen LogP contribution is 2.11. The van der Waals surface area contributed by atoms with Gasteiger partial charge in [0.1, 0.15) is 12.4 Å². The number of unbranched alkanes of at least 4 members (excludes halogenated alkanes) is 3. The van der Waals surface area contributed by atoms with Gasteiger partial charge in [-0.2, -0.15) is 0 Å². The van der Waals surface area contributed by atoms with E-state index in [0.717, 1.165) is 63.0 Å². The zero-order chi connectivity index (χ0) is 18.8. The predicted molar refractivity (Wildman–Crippen MR) is 121 cm³/mol. The molecule has 0 aromatic carbocycles. The van der Waals surface area contributed by atoms with Crippen LogP contribution in [0.5, 0.6) is 0 Å². The number of hydrogen-bond donors (Lipinski definition) is 1. The number of hydrogen-bond acceptors (Lipinski definition) is 4. The minimum atomic E-state index is 0. The minimum absolute atomic E-state index is 0. The third-order valence-corrected chi connectivity index (χ3v) is 4.83. The van der Waals surface area contributed by atoms with Crippen molar-refractivity contribution in [1.82, 2.24) is 25.0 Å². The maximum atomic E-state index is 5.72. The Bertz CT molecular complexity index is 583. The van der Waals surface area contributed by atoms with Crippen LogP contribution in [0.4, 0.5) is 0 Å². The van der Waals surface area contributed by atoms with Crippen LogP contribution < -0.4 is 5.32 Å². The second-order valence-corrected chi connectivity index (χ2v) is 6.94. The fraction of sp³-hybridized carbons (Fsp3) is 0.737. The van der Waals surface area contributed by atoms with Crippen molar-refractivity contribution in [3.8, 4) is 0 Å². The summed E-state index contributed by atoms with van der Waals surface area (Å²) in [5, 5.41) is 11.8. The van der Waals surface area contributed by atoms with E-state index in [1.807, 2.05) is 24.6 Å². The Labute approximate surface area is 180 Å². The Hall–Kier alpha value is -1.16. The van der Waals surface area contributed by atoms with Crippen molar-refractivity contribution in [1.29, 1.82) is 0 Å². The molecule has 1 aromatic rings. The van der Waals surface area contributed by atoms with Gasteiger partial charge in [0.05, 0.1) is 6.10 Å². The van der Waals surface area contributed by atoms with Crippen LogP contribution in [0.2, 0.25) is 0 Å². The quantitative estimate of drug-likeness (QED) is 0.180. The maximum absolute atomic E-state index is 5.72. The molecule has 0 amide bonds. The molecular formula is C19H35IN6O. The summed E-state index contributed by atoms with van der Waals surface area (Å²) in [5.74, 6) is 2.68. The molecular weight excluding hydrogens is 455 g/mol. The van der Waals surface area contributed by atoms with Crippen LogP contribution in [0.25, 0.3) is 0 Å². The first kappa shape index (κ1) is 23.9. The minimum Gasteiger partial charge on any atom is -0.376 e. The molecule has 1 saturated heterocycles. The molecule has 1 fully saturated rings. The van der Waals surface area contributed by atoms with Crippen molar-refractivity contribution in [3.63, 3.8) is 0 Å². The molecule has 1 N–H and O–H groups in total. The van der Waals surface area contributed by atoms with Gasteiger partial charge >= 0.3 is 0 Å². The maximum Gasteiger partial charge on any atom is 0.194 e. The summed E-state index contributed by atoms with van der Waals surface area (Å²) in [5.41, 5.74) is 0. The lowest BCUT2D eigenvalue weighted by molar-refractivity contribution is 0.113. The Morgan fingerprint density at radius 2 is 2.22 bits per heavy atom. The zero-order valence-electron chi connectivity index (χ0n) is 17.0. The molecule has 1 aromatic heterocycles. The molecule has 1 unspecified atom stereocenters. The first-order valence-corrected chi connectivity index (χ1v) is 9.68. The van der Waals surface area contributed by atoms with Crippen LogP contribution in [-0.2, 0) is 18.3 Å². The van der Waals surface area contributed by atoms with Crippen molar-refractivity contribution in [3.05, 3.63) is 24.3 Å². The van der Waals surface area contributed by atoms with E-state index in [0.29, 0.717) is 12.6 Å². The largest absolute Gasteiger partial charge is 0.376 e. The number of aliphatic imine (C=N–C) groups is 1. The zero-order valence-corrected chi connectivity index (χ0v) is 19.3. The van der Waals surface area contributed by atoms with Crippen molar-refractivity contribution in [2.24, 2.45) is 12.0 Å². The Morgan fingerprint density at radius 1 is 1.41 bits per heavy atom. The van der Waals surface area contributed by atoms with Gasteiger partial charge in [0.15, 0.2) is 11.8 Å². The van der Waals surface area contributed by atoms with Gasteiger partial charge in [-0.1, -0.05) is 12.5 Å². The number of rotatable bonds is 10. The molecule has 0 radical (unpaired) electrons. The Morgan fingerprint density at radius 3 is 2.85 bits per heavy atom. The first-order chi connectivity index (χ1) is 12.6. The van der Waals surface area contributed by atoms with E-state index < -0.39 is 0 Å². The first-order valence-electron chi connectivity index (χ1n) is 9.68. The Kier molecular flexibility index (Phi) is 11.6. The van der Waals surface area contributed by atoms with Gasteiger partial charge in [0.25, 0.3) is 0 Å². The van der Waals surface area contributed by atoms with E-state index in [9.17, 15) is 0 Å². The molecule has 8 heteroatoms. The summed E-state index contributed by atoms with van der Waals surface area (Å²) >= 11 is 0. The summed E-state index contributed by atoms with van der Waals surface area (Å²) in [7, 11) is 4.07. The van der Waals surface area contributed by atoms with E-state index in [1.165, 1.54) is 12.8 Å². The molecule has 0 saturated carbocycles. The van der Waals surface area contributed by atoms with E-state index in [1.54, 1.807) is 0 Å². The monoisotopic (exact) mass is 490 g/mol. The second-order valence-electron chi connectivity index (χ2n) is 6.94. The van der Waals surface area contributed by atoms with Crippen LogP contribution in [0.3, 0.4) is 0 Å². The number of halogens is 1. The fourth-order valence-corrected chi connectivity index (χ4v) is 2.98. The van der Waals surface area contributed by atoms with E-state index >= 15 is 0 Å². The smallest absolute Gasteiger partial charge is 0.194 e. The fourth-order valence-electron chi connectivity index (χ4n) is 2.98. The summed E-state index contributed by atoms with van der Waals surface area (Å²) in [6.07, 6.45) is 9.19. The van der Waals surface area contributed by atoms with Gasteiger partial charge in [-0.25, -0.2) is 4.99 Å². The van der Waals surface area contributed by atoms with Gasteiger partial charge in [0, 0.05) is 33.8 Å². The average Bonchev–Trinajstić information content (AvgIpc) is 3.26. The molecule has 7 nitrogen and oxygen atoms in total. The van der Waals surface area contributed by atoms with Crippen LogP contribution in [-0.4, -0.2) is 58.5 Å². The van der Waals surface area contributed by atoms with Crippen molar-refractivity contribution >= 4 is 29.9 Å². The summed E-state index contributed by atoms with van der Waals surface area (Å²) < 4.78 is 7.70. The number of aryl methyl sites for hydroxylation is 1. The highest BCUT2D eigenvalue weighted by molar-refractivity contribution is 14.0. The molecule has 0 bridgehead atoms. The number of aromatic nitrogens is 3. The Balaban J connectivity index is 0.00000364. The van der Waals surface area contributed by atoms with Crippen LogP contribution in [0.15, 0.2) is 17.6 Å². The number of nitrogens with zero attached hydrogens (tertiary/aromatic N) is 5. The molecule has 2 rings (SSSR count). The third-order valence-electron chi connectivity index (χ3n) is 4.83. The average molecular weight is 490 g/mol. The highest BCUT2D eigenvalue weighted by atomic mass is 127. The lowest BCUT2D eigenvalue weighted by atomic mass is 10.2. The molecule has 27 heavy (non-hydrogen) atoms. The highest BCUT2D eigenvalue weighted by Gasteiger charge is 2.17. The molecule has 1 aliphatic heterocycles. The van der Waals surface area contributed by atoms with Crippen molar-refractivity contribution < 1.29 is 4.74 Å². The van der Waals surface area contributed by atoms with Crippen LogP contribution >= 0.6 is 24.0 Å². The molecule has 1 atom stereocenters. The van der Waals surface area contributed by atoms with Crippen molar-refractivity contribution in [2.75, 3.05) is 26.7 Å². The number of guanidine groups is 1. The van der Waals surface area contributed by atoms with Gasteiger partial charge < -0.3 is 19.5 Å². The van der Waals surface area contributed by atoms with Crippen molar-refractivity contribution in [2.45, 2.75) is 58.1 Å². The van der Waals surface area contributed by atoms with E-state index in [-0.39, 0.29) is 24.0 Å². The second kappa shape index (κ2) is 13.1. The number of ether oxygens (including phenoxy) is 1. The van der Waals surface area contributed by atoms with Gasteiger partial charge in [-0.3, -0.25) is 0 Å².